The summed E-state index contributed by atoms with van der Waals surface area (Å²) in [6, 6.07) is 15.7. The van der Waals surface area contributed by atoms with Crippen molar-refractivity contribution < 1.29 is 9.90 Å². The lowest BCUT2D eigenvalue weighted by Crippen LogP contribution is -2.24. The van der Waals surface area contributed by atoms with E-state index in [1.165, 1.54) is 24.0 Å². The van der Waals surface area contributed by atoms with Crippen LogP contribution in [-0.4, -0.2) is 11.0 Å². The lowest BCUT2D eigenvalue weighted by Gasteiger charge is -2.11. The average molecular weight is 295 g/mol. The second-order valence-corrected chi connectivity index (χ2v) is 5.86. The third-order valence-electron chi connectivity index (χ3n) is 4.22. The highest BCUT2D eigenvalue weighted by Crippen LogP contribution is 2.22. The Labute approximate surface area is 131 Å². The van der Waals surface area contributed by atoms with Crippen LogP contribution in [0.4, 0.5) is 0 Å². The first-order chi connectivity index (χ1) is 10.7. The van der Waals surface area contributed by atoms with E-state index >= 15 is 0 Å². The van der Waals surface area contributed by atoms with Gasteiger partial charge in [0, 0.05) is 6.54 Å². The minimum absolute atomic E-state index is 0.0922. The van der Waals surface area contributed by atoms with Crippen LogP contribution < -0.4 is 5.32 Å². The van der Waals surface area contributed by atoms with Gasteiger partial charge in [-0.15, -0.1) is 0 Å². The number of benzene rings is 2. The van der Waals surface area contributed by atoms with Gasteiger partial charge in [-0.2, -0.15) is 0 Å². The van der Waals surface area contributed by atoms with Crippen LogP contribution in [0, 0.1) is 0 Å². The predicted octanol–water partition coefficient (Wildman–Crippen LogP) is 2.92. The maximum absolute atomic E-state index is 12.0. The van der Waals surface area contributed by atoms with Crippen molar-refractivity contribution in [1.82, 2.24) is 5.32 Å². The number of aryl methyl sites for hydroxylation is 2. The summed E-state index contributed by atoms with van der Waals surface area (Å²) in [5.41, 5.74) is 4.75. The lowest BCUT2D eigenvalue weighted by molar-refractivity contribution is -0.123. The molecule has 0 heterocycles. The fraction of sp³-hybridized carbons (Fsp3) is 0.316. The van der Waals surface area contributed by atoms with Crippen molar-refractivity contribution in [2.45, 2.75) is 38.3 Å². The third-order valence-corrected chi connectivity index (χ3v) is 4.22. The molecule has 0 saturated carbocycles. The summed E-state index contributed by atoms with van der Waals surface area (Å²) in [6.07, 6.45) is 2.89. The van der Waals surface area contributed by atoms with Crippen molar-refractivity contribution in [2.24, 2.45) is 0 Å². The Morgan fingerprint density at radius 1 is 1.09 bits per heavy atom. The van der Waals surface area contributed by atoms with E-state index in [0.717, 1.165) is 17.5 Å². The molecule has 2 N–H and O–H groups in total. The smallest absolute Gasteiger partial charge is 0.223 e. The molecule has 3 nitrogen and oxygen atoms in total. The number of carbonyl (C=O) groups excluding carboxylic acids is 1. The summed E-state index contributed by atoms with van der Waals surface area (Å²) in [6.45, 7) is 0.521. The Morgan fingerprint density at radius 3 is 2.68 bits per heavy atom. The van der Waals surface area contributed by atoms with Crippen molar-refractivity contribution >= 4 is 5.91 Å². The van der Waals surface area contributed by atoms with Crippen molar-refractivity contribution in [3.63, 3.8) is 0 Å². The van der Waals surface area contributed by atoms with Gasteiger partial charge in [-0.25, -0.2) is 0 Å². The van der Waals surface area contributed by atoms with Crippen molar-refractivity contribution in [3.8, 4) is 0 Å². The number of aliphatic hydroxyl groups excluding tert-OH is 1. The predicted molar refractivity (Wildman–Crippen MR) is 86.3 cm³/mol. The van der Waals surface area contributed by atoms with E-state index in [1.807, 2.05) is 30.3 Å². The fourth-order valence-corrected chi connectivity index (χ4v) is 2.98. The van der Waals surface area contributed by atoms with Crippen molar-refractivity contribution in [2.75, 3.05) is 0 Å². The highest BCUT2D eigenvalue weighted by Gasteiger charge is 2.13. The van der Waals surface area contributed by atoms with Crippen LogP contribution in [0.15, 0.2) is 48.5 Å². The molecule has 1 aliphatic rings. The molecule has 0 aliphatic heterocycles. The molecule has 0 radical (unpaired) electrons. The molecule has 22 heavy (non-hydrogen) atoms. The van der Waals surface area contributed by atoms with Crippen LogP contribution in [0.2, 0.25) is 0 Å². The summed E-state index contributed by atoms with van der Waals surface area (Å²) in [5, 5.41) is 12.9. The normalized spacial score (nSPS) is 14.4. The summed E-state index contributed by atoms with van der Waals surface area (Å²) in [5.74, 6) is -0.128. The number of nitrogens with one attached hydrogen (secondary N) is 1. The van der Waals surface area contributed by atoms with E-state index in [4.69, 9.17) is 0 Å². The van der Waals surface area contributed by atoms with Gasteiger partial charge in [0.05, 0.1) is 12.5 Å². The van der Waals surface area contributed by atoms with Crippen LogP contribution in [0.5, 0.6) is 0 Å². The van der Waals surface area contributed by atoms with Crippen LogP contribution in [-0.2, 0) is 24.2 Å². The standard InChI is InChI=1S/C19H21NO2/c21-18(16-5-2-1-3-6-16)12-19(22)20-13-14-9-10-15-7-4-8-17(15)11-14/h1-3,5-6,9-11,18,21H,4,7-8,12-13H2,(H,20,22). The summed E-state index contributed by atoms with van der Waals surface area (Å²) < 4.78 is 0. The number of fused-ring (bicyclic) bond motifs is 1. The molecule has 0 aromatic heterocycles. The zero-order valence-electron chi connectivity index (χ0n) is 12.6. The second-order valence-electron chi connectivity index (χ2n) is 5.86. The van der Waals surface area contributed by atoms with E-state index in [9.17, 15) is 9.90 Å². The minimum Gasteiger partial charge on any atom is -0.388 e. The minimum atomic E-state index is -0.749. The molecule has 2 aromatic rings. The lowest BCUT2D eigenvalue weighted by atomic mass is 10.1. The molecule has 1 atom stereocenters. The first-order valence-electron chi connectivity index (χ1n) is 7.83. The number of rotatable bonds is 5. The molecular formula is C19H21NO2. The molecule has 0 saturated heterocycles. The summed E-state index contributed by atoms with van der Waals surface area (Å²) in [4.78, 5) is 12.0. The molecule has 1 amide bonds. The van der Waals surface area contributed by atoms with Gasteiger partial charge in [-0.1, -0.05) is 48.5 Å². The van der Waals surface area contributed by atoms with Gasteiger partial charge >= 0.3 is 0 Å². The second kappa shape index (κ2) is 6.75. The first-order valence-corrected chi connectivity index (χ1v) is 7.83. The van der Waals surface area contributed by atoms with Crippen LogP contribution in [0.25, 0.3) is 0 Å². The molecule has 0 spiro atoms. The van der Waals surface area contributed by atoms with Gasteiger partial charge in [-0.3, -0.25) is 4.79 Å². The van der Waals surface area contributed by atoms with E-state index in [2.05, 4.69) is 23.5 Å². The third kappa shape index (κ3) is 3.55. The Hall–Kier alpha value is -2.13. The molecule has 0 bridgehead atoms. The van der Waals surface area contributed by atoms with Gasteiger partial charge in [0.1, 0.15) is 0 Å². The molecule has 3 rings (SSSR count). The van der Waals surface area contributed by atoms with Gasteiger partial charge in [-0.05, 0) is 41.5 Å². The summed E-state index contributed by atoms with van der Waals surface area (Å²) in [7, 11) is 0. The Bertz CT molecular complexity index is 652. The van der Waals surface area contributed by atoms with Gasteiger partial charge in [0.15, 0.2) is 0 Å². The topological polar surface area (TPSA) is 49.3 Å². The maximum atomic E-state index is 12.0. The van der Waals surface area contributed by atoms with E-state index in [-0.39, 0.29) is 12.3 Å². The van der Waals surface area contributed by atoms with Gasteiger partial charge < -0.3 is 10.4 Å². The van der Waals surface area contributed by atoms with E-state index in [1.54, 1.807) is 0 Å². The number of amides is 1. The highest BCUT2D eigenvalue weighted by molar-refractivity contribution is 5.76. The van der Waals surface area contributed by atoms with Crippen LogP contribution in [0.3, 0.4) is 0 Å². The maximum Gasteiger partial charge on any atom is 0.223 e. The molecule has 114 valence electrons. The van der Waals surface area contributed by atoms with Crippen molar-refractivity contribution in [3.05, 3.63) is 70.8 Å². The molecule has 1 aliphatic carbocycles. The molecular weight excluding hydrogens is 274 g/mol. The quantitative estimate of drug-likeness (QED) is 0.891. The number of hydrogen-bond donors (Lipinski definition) is 2. The zero-order valence-corrected chi connectivity index (χ0v) is 12.6. The van der Waals surface area contributed by atoms with Crippen LogP contribution >= 0.6 is 0 Å². The monoisotopic (exact) mass is 295 g/mol. The first kappa shape index (κ1) is 14.8. The van der Waals surface area contributed by atoms with Gasteiger partial charge in [0.25, 0.3) is 0 Å². The zero-order chi connectivity index (χ0) is 15.4. The Balaban J connectivity index is 1.52. The summed E-state index contributed by atoms with van der Waals surface area (Å²) >= 11 is 0. The molecule has 0 fully saturated rings. The number of hydrogen-bond acceptors (Lipinski definition) is 2. The SMILES string of the molecule is O=C(CC(O)c1ccccc1)NCc1ccc2c(c1)CCC2. The van der Waals surface area contributed by atoms with Crippen molar-refractivity contribution in [1.29, 1.82) is 0 Å². The molecule has 1 unspecified atom stereocenters. The van der Waals surface area contributed by atoms with E-state index in [0.29, 0.717) is 6.54 Å². The molecule has 2 aromatic carbocycles. The van der Waals surface area contributed by atoms with Gasteiger partial charge in [0.2, 0.25) is 5.91 Å². The molecule has 3 heteroatoms. The Kier molecular flexibility index (Phi) is 4.54. The van der Waals surface area contributed by atoms with E-state index < -0.39 is 6.10 Å². The number of carbonyl (C=O) groups is 1. The average Bonchev–Trinajstić information content (AvgIpc) is 3.01. The number of aliphatic hydroxyl groups is 1. The van der Waals surface area contributed by atoms with Crippen LogP contribution in [0.1, 0.15) is 41.2 Å². The largest absolute Gasteiger partial charge is 0.388 e. The Morgan fingerprint density at radius 2 is 1.86 bits per heavy atom. The highest BCUT2D eigenvalue weighted by atomic mass is 16.3. The fourth-order valence-electron chi connectivity index (χ4n) is 2.98.